The maximum atomic E-state index is 12.4. The Morgan fingerprint density at radius 3 is 2.69 bits per heavy atom. The number of benzene rings is 1. The van der Waals surface area contributed by atoms with Gasteiger partial charge in [-0.3, -0.25) is 19.7 Å². The van der Waals surface area contributed by atoms with Gasteiger partial charge in [0.05, 0.1) is 16.0 Å². The molecule has 1 saturated heterocycles. The van der Waals surface area contributed by atoms with E-state index in [1.54, 1.807) is 23.1 Å². The van der Waals surface area contributed by atoms with Gasteiger partial charge in [-0.2, -0.15) is 0 Å². The van der Waals surface area contributed by atoms with Crippen molar-refractivity contribution < 1.29 is 19.2 Å². The number of carbonyl (C=O) groups is 2. The first-order chi connectivity index (χ1) is 13.9. The average Bonchev–Trinajstić information content (AvgIpc) is 2.74. The molecule has 1 aliphatic heterocycles. The van der Waals surface area contributed by atoms with Crippen LogP contribution in [0.2, 0.25) is 5.02 Å². The molecular formula is C19H19ClN4O5. The Morgan fingerprint density at radius 2 is 2.03 bits per heavy atom. The maximum Gasteiger partial charge on any atom is 0.273 e. The van der Waals surface area contributed by atoms with Crippen LogP contribution in [-0.4, -0.2) is 46.3 Å². The average molecular weight is 419 g/mol. The first kappa shape index (κ1) is 20.5. The van der Waals surface area contributed by atoms with E-state index in [1.807, 2.05) is 0 Å². The van der Waals surface area contributed by atoms with Crippen molar-refractivity contribution in [2.75, 3.05) is 25.0 Å². The van der Waals surface area contributed by atoms with Crippen LogP contribution in [0.3, 0.4) is 0 Å². The van der Waals surface area contributed by atoms with Gasteiger partial charge in [-0.25, -0.2) is 4.98 Å². The lowest BCUT2D eigenvalue weighted by molar-refractivity contribution is -0.384. The van der Waals surface area contributed by atoms with Crippen molar-refractivity contribution in [3.63, 3.8) is 0 Å². The Bertz CT molecular complexity index is 898. The minimum atomic E-state index is -0.524. The number of hydrogen-bond acceptors (Lipinski definition) is 6. The topological polar surface area (TPSA) is 115 Å². The minimum absolute atomic E-state index is 0.100. The van der Waals surface area contributed by atoms with E-state index in [-0.39, 0.29) is 35.8 Å². The number of carbonyl (C=O) groups excluding carboxylic acids is 2. The molecule has 0 atom stereocenters. The Balaban J connectivity index is 1.45. The molecule has 2 amide bonds. The number of piperidine rings is 1. The van der Waals surface area contributed by atoms with Crippen LogP contribution in [0.4, 0.5) is 11.5 Å². The predicted octanol–water partition coefficient (Wildman–Crippen LogP) is 2.90. The Kier molecular flexibility index (Phi) is 6.61. The molecule has 1 aliphatic rings. The van der Waals surface area contributed by atoms with Gasteiger partial charge in [0.15, 0.2) is 6.61 Å². The van der Waals surface area contributed by atoms with Gasteiger partial charge in [0, 0.05) is 31.3 Å². The first-order valence-electron chi connectivity index (χ1n) is 9.00. The molecule has 0 radical (unpaired) electrons. The molecule has 9 nitrogen and oxygen atoms in total. The number of amides is 2. The fourth-order valence-electron chi connectivity index (χ4n) is 2.99. The lowest BCUT2D eigenvalue weighted by Gasteiger charge is -2.31. The molecule has 29 heavy (non-hydrogen) atoms. The monoisotopic (exact) mass is 418 g/mol. The van der Waals surface area contributed by atoms with E-state index in [0.717, 1.165) is 0 Å². The third-order valence-electron chi connectivity index (χ3n) is 4.59. The molecule has 2 heterocycles. The molecular weight excluding hydrogens is 400 g/mol. The summed E-state index contributed by atoms with van der Waals surface area (Å²) in [7, 11) is 0. The van der Waals surface area contributed by atoms with Crippen LogP contribution >= 0.6 is 11.6 Å². The summed E-state index contributed by atoms with van der Waals surface area (Å²) in [5, 5.41) is 14.0. The summed E-state index contributed by atoms with van der Waals surface area (Å²) in [4.78, 5) is 40.6. The smallest absolute Gasteiger partial charge is 0.273 e. The molecule has 10 heteroatoms. The number of anilines is 1. The van der Waals surface area contributed by atoms with Gasteiger partial charge in [0.25, 0.3) is 11.6 Å². The number of ether oxygens (including phenoxy) is 1. The third-order valence-corrected chi connectivity index (χ3v) is 4.81. The normalized spacial score (nSPS) is 14.3. The summed E-state index contributed by atoms with van der Waals surface area (Å²) in [5.41, 5.74) is -0.100. The van der Waals surface area contributed by atoms with E-state index in [1.165, 1.54) is 24.4 Å². The van der Waals surface area contributed by atoms with E-state index in [4.69, 9.17) is 16.3 Å². The fraction of sp³-hybridized carbons (Fsp3) is 0.316. The van der Waals surface area contributed by atoms with Crippen molar-refractivity contribution in [2.45, 2.75) is 12.8 Å². The zero-order valence-electron chi connectivity index (χ0n) is 15.4. The number of nitrogens with one attached hydrogen (secondary N) is 1. The van der Waals surface area contributed by atoms with Crippen LogP contribution in [0, 0.1) is 16.0 Å². The molecule has 1 N–H and O–H groups in total. The lowest BCUT2D eigenvalue weighted by atomic mass is 9.96. The molecule has 1 aromatic heterocycles. The highest BCUT2D eigenvalue weighted by molar-refractivity contribution is 6.30. The number of rotatable bonds is 6. The number of pyridine rings is 1. The van der Waals surface area contributed by atoms with Gasteiger partial charge in [-0.15, -0.1) is 0 Å². The minimum Gasteiger partial charge on any atom is -0.484 e. The molecule has 152 valence electrons. The molecule has 0 bridgehead atoms. The van der Waals surface area contributed by atoms with Crippen LogP contribution in [0.1, 0.15) is 12.8 Å². The molecule has 2 aromatic rings. The van der Waals surface area contributed by atoms with Gasteiger partial charge in [-0.05, 0) is 31.0 Å². The Morgan fingerprint density at radius 1 is 1.28 bits per heavy atom. The second-order valence-corrected chi connectivity index (χ2v) is 6.99. The molecule has 0 aliphatic carbocycles. The molecule has 1 fully saturated rings. The predicted molar refractivity (Wildman–Crippen MR) is 106 cm³/mol. The van der Waals surface area contributed by atoms with Crippen molar-refractivity contribution in [1.29, 1.82) is 0 Å². The molecule has 0 saturated carbocycles. The standard InChI is InChI=1S/C19H19ClN4O5/c20-14-4-5-17(21-11-14)22-19(26)13-6-8-23(9-7-13)18(25)12-29-16-3-1-2-15(10-16)24(27)28/h1-5,10-11,13H,6-9,12H2,(H,21,22,26). The number of nitrogens with zero attached hydrogens (tertiary/aromatic N) is 3. The first-order valence-corrected chi connectivity index (χ1v) is 9.37. The van der Waals surface area contributed by atoms with Crippen molar-refractivity contribution >= 4 is 34.9 Å². The Hall–Kier alpha value is -3.20. The number of nitro benzene ring substituents is 1. The quantitative estimate of drug-likeness (QED) is 0.569. The zero-order valence-corrected chi connectivity index (χ0v) is 16.2. The number of aromatic nitrogens is 1. The van der Waals surface area contributed by atoms with Crippen LogP contribution in [0.5, 0.6) is 5.75 Å². The van der Waals surface area contributed by atoms with E-state index in [2.05, 4.69) is 10.3 Å². The number of nitro groups is 1. The molecule has 1 aromatic carbocycles. The van der Waals surface area contributed by atoms with Gasteiger partial charge in [-0.1, -0.05) is 17.7 Å². The van der Waals surface area contributed by atoms with E-state index in [0.29, 0.717) is 36.8 Å². The van der Waals surface area contributed by atoms with Gasteiger partial charge >= 0.3 is 0 Å². The van der Waals surface area contributed by atoms with Crippen molar-refractivity contribution in [3.8, 4) is 5.75 Å². The summed E-state index contributed by atoms with van der Waals surface area (Å²) >= 11 is 5.78. The van der Waals surface area contributed by atoms with Crippen molar-refractivity contribution in [2.24, 2.45) is 5.92 Å². The third kappa shape index (κ3) is 5.64. The van der Waals surface area contributed by atoms with E-state index < -0.39 is 4.92 Å². The lowest BCUT2D eigenvalue weighted by Crippen LogP contribution is -2.43. The summed E-state index contributed by atoms with van der Waals surface area (Å²) in [6.07, 6.45) is 2.52. The van der Waals surface area contributed by atoms with Gasteiger partial charge < -0.3 is 15.0 Å². The van der Waals surface area contributed by atoms with Gasteiger partial charge in [0.2, 0.25) is 5.91 Å². The summed E-state index contributed by atoms with van der Waals surface area (Å²) in [5.74, 6) is 0.115. The second kappa shape index (κ2) is 9.33. The number of non-ortho nitro benzene ring substituents is 1. The summed E-state index contributed by atoms with van der Waals surface area (Å²) < 4.78 is 5.38. The van der Waals surface area contributed by atoms with Gasteiger partial charge in [0.1, 0.15) is 11.6 Å². The maximum absolute atomic E-state index is 12.4. The highest BCUT2D eigenvalue weighted by Crippen LogP contribution is 2.21. The summed E-state index contributed by atoms with van der Waals surface area (Å²) in [6, 6.07) is 8.95. The van der Waals surface area contributed by atoms with Crippen LogP contribution in [-0.2, 0) is 9.59 Å². The highest BCUT2D eigenvalue weighted by atomic mass is 35.5. The van der Waals surface area contributed by atoms with Crippen molar-refractivity contribution in [3.05, 3.63) is 57.7 Å². The number of hydrogen-bond donors (Lipinski definition) is 1. The van der Waals surface area contributed by atoms with E-state index >= 15 is 0 Å². The fourth-order valence-corrected chi connectivity index (χ4v) is 3.10. The summed E-state index contributed by atoms with van der Waals surface area (Å²) in [6.45, 7) is 0.652. The molecule has 0 unspecified atom stereocenters. The Labute approximate surface area is 171 Å². The van der Waals surface area contributed by atoms with Crippen LogP contribution in [0.25, 0.3) is 0 Å². The zero-order chi connectivity index (χ0) is 20.8. The molecule has 0 spiro atoms. The van der Waals surface area contributed by atoms with Crippen LogP contribution in [0.15, 0.2) is 42.6 Å². The highest BCUT2D eigenvalue weighted by Gasteiger charge is 2.27. The molecule has 3 rings (SSSR count). The van der Waals surface area contributed by atoms with E-state index in [9.17, 15) is 19.7 Å². The van der Waals surface area contributed by atoms with Crippen molar-refractivity contribution in [1.82, 2.24) is 9.88 Å². The SMILES string of the molecule is O=C(Nc1ccc(Cl)cn1)C1CCN(C(=O)COc2cccc([N+](=O)[O-])c2)CC1. The largest absolute Gasteiger partial charge is 0.484 e. The second-order valence-electron chi connectivity index (χ2n) is 6.55. The number of likely N-dealkylation sites (tertiary alicyclic amines) is 1. The van der Waals surface area contributed by atoms with Crippen LogP contribution < -0.4 is 10.1 Å². The number of halogens is 1.